The highest BCUT2D eigenvalue weighted by molar-refractivity contribution is 9.09. The summed E-state index contributed by atoms with van der Waals surface area (Å²) < 4.78 is 1.13. The number of nitrogens with one attached hydrogen (secondary N) is 1. The van der Waals surface area contributed by atoms with Crippen LogP contribution in [0.4, 0.5) is 5.69 Å². The van der Waals surface area contributed by atoms with Crippen LogP contribution in [0.2, 0.25) is 0 Å². The first-order chi connectivity index (χ1) is 7.45. The predicted molar refractivity (Wildman–Crippen MR) is 60.9 cm³/mol. The van der Waals surface area contributed by atoms with Gasteiger partial charge in [-0.3, -0.25) is 24.5 Å². The fourth-order valence-electron chi connectivity index (χ4n) is 1.15. The standard InChI is InChI=1S/C8H10BrN3O4/c1-5(2-9)3-11-4-6(12(15)16)7(13)10-8(11)14/h4-5H,2-3H2,1H3,(H,10,13,14). The lowest BCUT2D eigenvalue weighted by molar-refractivity contribution is -0.386. The van der Waals surface area contributed by atoms with Crippen molar-refractivity contribution in [2.45, 2.75) is 13.5 Å². The van der Waals surface area contributed by atoms with Crippen molar-refractivity contribution in [3.05, 3.63) is 37.1 Å². The van der Waals surface area contributed by atoms with Crippen molar-refractivity contribution in [3.63, 3.8) is 0 Å². The Kier molecular flexibility index (Phi) is 3.99. The van der Waals surface area contributed by atoms with Crippen LogP contribution in [0, 0.1) is 16.0 Å². The van der Waals surface area contributed by atoms with Crippen LogP contribution in [0.5, 0.6) is 0 Å². The highest BCUT2D eigenvalue weighted by Crippen LogP contribution is 2.04. The van der Waals surface area contributed by atoms with E-state index < -0.39 is 21.9 Å². The second-order valence-corrected chi connectivity index (χ2v) is 4.09. The average Bonchev–Trinajstić information content (AvgIpc) is 2.21. The molecule has 0 spiro atoms. The van der Waals surface area contributed by atoms with Crippen LogP contribution in [-0.4, -0.2) is 19.8 Å². The minimum Gasteiger partial charge on any atom is -0.293 e. The Hall–Kier alpha value is -1.44. The maximum Gasteiger partial charge on any atom is 0.350 e. The highest BCUT2D eigenvalue weighted by atomic mass is 79.9. The molecule has 7 nitrogen and oxygen atoms in total. The van der Waals surface area contributed by atoms with Crippen molar-refractivity contribution >= 4 is 21.6 Å². The number of aromatic amines is 1. The molecule has 1 heterocycles. The second-order valence-electron chi connectivity index (χ2n) is 3.44. The Bertz CT molecular complexity index is 507. The lowest BCUT2D eigenvalue weighted by atomic mass is 10.2. The van der Waals surface area contributed by atoms with E-state index in [0.29, 0.717) is 11.9 Å². The van der Waals surface area contributed by atoms with Gasteiger partial charge in [-0.25, -0.2) is 4.79 Å². The smallest absolute Gasteiger partial charge is 0.293 e. The summed E-state index contributed by atoms with van der Waals surface area (Å²) in [6, 6.07) is 0. The normalized spacial score (nSPS) is 12.4. The van der Waals surface area contributed by atoms with Crippen LogP contribution in [0.15, 0.2) is 15.8 Å². The van der Waals surface area contributed by atoms with E-state index in [1.165, 1.54) is 0 Å². The Morgan fingerprint density at radius 2 is 2.25 bits per heavy atom. The highest BCUT2D eigenvalue weighted by Gasteiger charge is 2.15. The molecule has 1 aromatic rings. The third kappa shape index (κ3) is 2.78. The molecule has 16 heavy (non-hydrogen) atoms. The number of nitro groups is 1. The van der Waals surface area contributed by atoms with Crippen LogP contribution in [0.3, 0.4) is 0 Å². The largest absolute Gasteiger partial charge is 0.350 e. The van der Waals surface area contributed by atoms with Crippen LogP contribution in [-0.2, 0) is 6.54 Å². The Balaban J connectivity index is 3.20. The number of halogens is 1. The molecule has 1 atom stereocenters. The van der Waals surface area contributed by atoms with Crippen LogP contribution < -0.4 is 11.2 Å². The third-order valence-electron chi connectivity index (χ3n) is 1.96. The zero-order chi connectivity index (χ0) is 12.3. The summed E-state index contributed by atoms with van der Waals surface area (Å²) in [7, 11) is 0. The fraction of sp³-hybridized carbons (Fsp3) is 0.500. The molecule has 0 aliphatic heterocycles. The van der Waals surface area contributed by atoms with Gasteiger partial charge in [-0.2, -0.15) is 0 Å². The van der Waals surface area contributed by atoms with E-state index in [1.54, 1.807) is 0 Å². The molecule has 0 radical (unpaired) electrons. The van der Waals surface area contributed by atoms with Crippen molar-refractivity contribution in [1.82, 2.24) is 9.55 Å². The molecule has 0 aromatic carbocycles. The summed E-state index contributed by atoms with van der Waals surface area (Å²) in [6.07, 6.45) is 0.973. The molecule has 0 aliphatic carbocycles. The average molecular weight is 292 g/mol. The van der Waals surface area contributed by atoms with E-state index in [9.17, 15) is 19.7 Å². The minimum absolute atomic E-state index is 0.128. The molecule has 0 saturated carbocycles. The van der Waals surface area contributed by atoms with E-state index >= 15 is 0 Å². The summed E-state index contributed by atoms with van der Waals surface area (Å²) in [6.45, 7) is 2.18. The molecule has 1 aromatic heterocycles. The topological polar surface area (TPSA) is 98.0 Å². The SMILES string of the molecule is CC(CBr)Cn1cc([N+](=O)[O-])c(=O)[nH]c1=O. The molecule has 0 fully saturated rings. The van der Waals surface area contributed by atoms with E-state index in [0.717, 1.165) is 10.8 Å². The number of aromatic nitrogens is 2. The molecular weight excluding hydrogens is 282 g/mol. The summed E-state index contributed by atoms with van der Waals surface area (Å²) in [5.74, 6) is 0.128. The lowest BCUT2D eigenvalue weighted by Crippen LogP contribution is -2.32. The molecule has 0 amide bonds. The molecule has 1 N–H and O–H groups in total. The van der Waals surface area contributed by atoms with Crippen molar-refractivity contribution in [1.29, 1.82) is 0 Å². The number of hydrogen-bond acceptors (Lipinski definition) is 4. The second kappa shape index (κ2) is 5.06. The molecule has 8 heteroatoms. The van der Waals surface area contributed by atoms with E-state index in [2.05, 4.69) is 15.9 Å². The number of H-pyrrole nitrogens is 1. The zero-order valence-electron chi connectivity index (χ0n) is 8.47. The van der Waals surface area contributed by atoms with Gasteiger partial charge >= 0.3 is 16.9 Å². The van der Waals surface area contributed by atoms with Gasteiger partial charge in [-0.1, -0.05) is 22.9 Å². The molecule has 0 bridgehead atoms. The maximum absolute atomic E-state index is 11.3. The first-order valence-electron chi connectivity index (χ1n) is 4.49. The van der Waals surface area contributed by atoms with Gasteiger partial charge < -0.3 is 0 Å². The van der Waals surface area contributed by atoms with Crippen molar-refractivity contribution < 1.29 is 4.92 Å². The van der Waals surface area contributed by atoms with Crippen molar-refractivity contribution in [3.8, 4) is 0 Å². The minimum atomic E-state index is -0.974. The van der Waals surface area contributed by atoms with Gasteiger partial charge in [-0.15, -0.1) is 0 Å². The molecule has 0 saturated heterocycles. The van der Waals surface area contributed by atoms with Crippen LogP contribution in [0.1, 0.15) is 6.92 Å². The summed E-state index contributed by atoms with van der Waals surface area (Å²) in [5.41, 5.74) is -2.23. The van der Waals surface area contributed by atoms with Gasteiger partial charge in [0.2, 0.25) is 0 Å². The number of nitrogens with zero attached hydrogens (tertiary/aromatic N) is 2. The van der Waals surface area contributed by atoms with Gasteiger partial charge in [0.25, 0.3) is 0 Å². The molecule has 1 unspecified atom stereocenters. The maximum atomic E-state index is 11.3. The first-order valence-corrected chi connectivity index (χ1v) is 5.62. The van der Waals surface area contributed by atoms with Crippen molar-refractivity contribution in [2.75, 3.05) is 5.33 Å². The Morgan fingerprint density at radius 1 is 1.62 bits per heavy atom. The van der Waals surface area contributed by atoms with Crippen molar-refractivity contribution in [2.24, 2.45) is 5.92 Å². The number of hydrogen-bond donors (Lipinski definition) is 1. The van der Waals surface area contributed by atoms with E-state index in [4.69, 9.17) is 0 Å². The van der Waals surface area contributed by atoms with Gasteiger partial charge in [-0.05, 0) is 5.92 Å². The quantitative estimate of drug-likeness (QED) is 0.495. The summed E-state index contributed by atoms with van der Waals surface area (Å²) >= 11 is 3.24. The van der Waals surface area contributed by atoms with Gasteiger partial charge in [0.15, 0.2) is 0 Å². The first kappa shape index (κ1) is 12.6. The van der Waals surface area contributed by atoms with Gasteiger partial charge in [0.05, 0.1) is 11.1 Å². The van der Waals surface area contributed by atoms with Crippen LogP contribution in [0.25, 0.3) is 0 Å². The number of rotatable bonds is 4. The monoisotopic (exact) mass is 291 g/mol. The van der Waals surface area contributed by atoms with E-state index in [-0.39, 0.29) is 5.92 Å². The summed E-state index contributed by atoms with van der Waals surface area (Å²) in [5, 5.41) is 11.2. The molecule has 88 valence electrons. The molecule has 1 rings (SSSR count). The third-order valence-corrected chi connectivity index (χ3v) is 3.07. The summed E-state index contributed by atoms with van der Waals surface area (Å²) in [4.78, 5) is 34.0. The van der Waals surface area contributed by atoms with E-state index in [1.807, 2.05) is 11.9 Å². The Labute approximate surface area is 98.4 Å². The predicted octanol–water partition coefficient (Wildman–Crippen LogP) is 0.476. The zero-order valence-corrected chi connectivity index (χ0v) is 10.1. The lowest BCUT2D eigenvalue weighted by Gasteiger charge is -2.08. The molecule has 0 aliphatic rings. The molecular formula is C8H10BrN3O4. The number of alkyl halides is 1. The van der Waals surface area contributed by atoms with Gasteiger partial charge in [0.1, 0.15) is 0 Å². The van der Waals surface area contributed by atoms with Crippen LogP contribution >= 0.6 is 15.9 Å². The fourth-order valence-corrected chi connectivity index (χ4v) is 1.35. The van der Waals surface area contributed by atoms with Gasteiger partial charge in [0, 0.05) is 11.9 Å². The Morgan fingerprint density at radius 3 is 2.75 bits per heavy atom.